The van der Waals surface area contributed by atoms with E-state index in [4.69, 9.17) is 19.9 Å². The zero-order chi connectivity index (χ0) is 41.9. The van der Waals surface area contributed by atoms with Crippen LogP contribution in [0.25, 0.3) is 126 Å². The molecule has 7 nitrogen and oxygen atoms in total. The fourth-order valence-electron chi connectivity index (χ4n) is 10.0. The van der Waals surface area contributed by atoms with Crippen LogP contribution in [0.3, 0.4) is 0 Å². The molecular weight excluding hydrogens is 803 g/mol. The lowest BCUT2D eigenvalue weighted by Gasteiger charge is -2.13. The number of pyridine rings is 1. The summed E-state index contributed by atoms with van der Waals surface area (Å²) in [6.45, 7) is 0. The molecule has 0 aliphatic heterocycles. The summed E-state index contributed by atoms with van der Waals surface area (Å²) in [6.07, 6.45) is 1.94. The molecule has 0 spiro atoms. The molecular formula is C56H33N7S. The molecule has 0 aliphatic carbocycles. The van der Waals surface area contributed by atoms with Crippen LogP contribution in [0.4, 0.5) is 0 Å². The van der Waals surface area contributed by atoms with Gasteiger partial charge in [0, 0.05) is 70.8 Å². The normalized spacial score (nSPS) is 12.1. The molecule has 64 heavy (non-hydrogen) atoms. The second-order valence-electron chi connectivity index (χ2n) is 16.2. The molecule has 0 N–H and O–H groups in total. The zero-order valence-corrected chi connectivity index (χ0v) is 34.9. The highest BCUT2D eigenvalue weighted by atomic mass is 32.1. The van der Waals surface area contributed by atoms with Crippen molar-refractivity contribution in [2.45, 2.75) is 0 Å². The highest BCUT2D eigenvalue weighted by molar-refractivity contribution is 7.26. The van der Waals surface area contributed by atoms with Gasteiger partial charge < -0.3 is 4.57 Å². The van der Waals surface area contributed by atoms with Gasteiger partial charge in [-0.15, -0.1) is 11.3 Å². The van der Waals surface area contributed by atoms with E-state index in [1.165, 1.54) is 20.9 Å². The van der Waals surface area contributed by atoms with E-state index in [2.05, 4.69) is 190 Å². The van der Waals surface area contributed by atoms with Crippen molar-refractivity contribution in [1.82, 2.24) is 33.6 Å². The second kappa shape index (κ2) is 13.5. The van der Waals surface area contributed by atoms with Gasteiger partial charge in [0.05, 0.1) is 37.8 Å². The summed E-state index contributed by atoms with van der Waals surface area (Å²) in [7, 11) is 0. The topological polar surface area (TPSA) is 66.3 Å². The molecule has 0 unspecified atom stereocenters. The van der Waals surface area contributed by atoms with Crippen LogP contribution in [-0.4, -0.2) is 33.6 Å². The monoisotopic (exact) mass is 835 g/mol. The van der Waals surface area contributed by atoms with Crippen LogP contribution in [0.15, 0.2) is 200 Å². The molecule has 8 aromatic carbocycles. The van der Waals surface area contributed by atoms with E-state index in [0.717, 1.165) is 87.4 Å². The van der Waals surface area contributed by atoms with Crippen LogP contribution in [0, 0.1) is 0 Å². The first-order valence-corrected chi connectivity index (χ1v) is 22.2. The molecule has 6 aromatic heterocycles. The summed E-state index contributed by atoms with van der Waals surface area (Å²) >= 11 is 1.79. The minimum absolute atomic E-state index is 0.551. The molecule has 14 rings (SSSR count). The zero-order valence-electron chi connectivity index (χ0n) is 34.1. The summed E-state index contributed by atoms with van der Waals surface area (Å²) in [5.41, 5.74) is 9.36. The minimum Gasteiger partial charge on any atom is -0.307 e. The number of rotatable bonds is 5. The van der Waals surface area contributed by atoms with Crippen molar-refractivity contribution in [3.63, 3.8) is 0 Å². The summed E-state index contributed by atoms with van der Waals surface area (Å²) < 4.78 is 9.37. The standard InChI is InChI=1S/C56H33N7S/c1-3-15-34(16-4-1)53-58-54(35-27-30-48-44(33-35)39-21-9-12-24-46(39)62(48)55-52-43(31-32-57-55)40-22-10-14-26-49(40)64-52)60-56(59-53)63-47-25-13-8-20-38(47)42-29-28-41-37-19-7-11-23-45(37)61(50(41)51(42)63)36-17-5-2-6-18-36/h1-33H. The van der Waals surface area contributed by atoms with Crippen molar-refractivity contribution in [3.05, 3.63) is 200 Å². The Morgan fingerprint density at radius 3 is 1.62 bits per heavy atom. The van der Waals surface area contributed by atoms with Gasteiger partial charge in [-0.1, -0.05) is 133 Å². The van der Waals surface area contributed by atoms with Gasteiger partial charge in [0.25, 0.3) is 0 Å². The Balaban J connectivity index is 1.05. The lowest BCUT2D eigenvalue weighted by molar-refractivity contribution is 0.953. The maximum absolute atomic E-state index is 5.47. The van der Waals surface area contributed by atoms with Gasteiger partial charge in [0.2, 0.25) is 5.95 Å². The SMILES string of the molecule is c1ccc(-c2nc(-c3ccc4c(c3)c3ccccc3n4-c3nccc4c3sc3ccccc34)nc(-n3c4ccccc4c4ccc5c6ccccc6n(-c6ccccc6)c5c43)n2)cc1. The fraction of sp³-hybridized carbons (Fsp3) is 0. The lowest BCUT2D eigenvalue weighted by atomic mass is 10.1. The lowest BCUT2D eigenvalue weighted by Crippen LogP contribution is -2.07. The minimum atomic E-state index is 0.551. The molecule has 0 fully saturated rings. The average Bonchev–Trinajstić information content (AvgIpc) is 4.11. The molecule has 0 saturated carbocycles. The van der Waals surface area contributed by atoms with E-state index in [0.29, 0.717) is 17.6 Å². The molecule has 14 aromatic rings. The van der Waals surface area contributed by atoms with Gasteiger partial charge in [-0.3, -0.25) is 9.13 Å². The van der Waals surface area contributed by atoms with E-state index >= 15 is 0 Å². The predicted octanol–water partition coefficient (Wildman–Crippen LogP) is 14.3. The van der Waals surface area contributed by atoms with E-state index in [-0.39, 0.29) is 0 Å². The Morgan fingerprint density at radius 1 is 0.359 bits per heavy atom. The van der Waals surface area contributed by atoms with Crippen molar-refractivity contribution >= 4 is 96.9 Å². The van der Waals surface area contributed by atoms with Crippen LogP contribution in [0.2, 0.25) is 0 Å². The Morgan fingerprint density at radius 2 is 0.906 bits per heavy atom. The average molecular weight is 836 g/mol. The third kappa shape index (κ3) is 5.02. The van der Waals surface area contributed by atoms with Crippen molar-refractivity contribution < 1.29 is 0 Å². The molecule has 0 radical (unpaired) electrons. The predicted molar refractivity (Wildman–Crippen MR) is 264 cm³/mol. The van der Waals surface area contributed by atoms with Crippen LogP contribution < -0.4 is 0 Å². The van der Waals surface area contributed by atoms with Crippen molar-refractivity contribution in [1.29, 1.82) is 0 Å². The highest BCUT2D eigenvalue weighted by Crippen LogP contribution is 2.43. The maximum atomic E-state index is 5.47. The smallest absolute Gasteiger partial charge is 0.238 e. The molecule has 0 aliphatic rings. The van der Waals surface area contributed by atoms with Gasteiger partial charge in [-0.05, 0) is 60.7 Å². The number of hydrogen-bond donors (Lipinski definition) is 0. The van der Waals surface area contributed by atoms with Crippen molar-refractivity contribution in [2.75, 3.05) is 0 Å². The number of hydrogen-bond acceptors (Lipinski definition) is 5. The summed E-state index contributed by atoms with van der Waals surface area (Å²) in [4.78, 5) is 21.1. The molecule has 298 valence electrons. The number of nitrogens with zero attached hydrogens (tertiary/aromatic N) is 7. The van der Waals surface area contributed by atoms with Gasteiger partial charge >= 0.3 is 0 Å². The number of fused-ring (bicyclic) bond motifs is 13. The quantitative estimate of drug-likeness (QED) is 0.173. The van der Waals surface area contributed by atoms with Crippen LogP contribution >= 0.6 is 11.3 Å². The van der Waals surface area contributed by atoms with Crippen molar-refractivity contribution in [3.8, 4) is 40.2 Å². The second-order valence-corrected chi connectivity index (χ2v) is 17.3. The molecule has 0 bridgehead atoms. The van der Waals surface area contributed by atoms with Gasteiger partial charge in [-0.2, -0.15) is 9.97 Å². The third-order valence-corrected chi connectivity index (χ3v) is 13.9. The maximum Gasteiger partial charge on any atom is 0.238 e. The van der Waals surface area contributed by atoms with Gasteiger partial charge in [0.15, 0.2) is 17.5 Å². The first-order valence-electron chi connectivity index (χ1n) is 21.4. The molecule has 0 atom stereocenters. The molecule has 8 heteroatoms. The summed E-state index contributed by atoms with van der Waals surface area (Å²) in [5, 5.41) is 9.30. The van der Waals surface area contributed by atoms with Crippen LogP contribution in [0.5, 0.6) is 0 Å². The number of thiophene rings is 1. The third-order valence-electron chi connectivity index (χ3n) is 12.8. The first kappa shape index (κ1) is 35.2. The number of aromatic nitrogens is 7. The Kier molecular flexibility index (Phi) is 7.43. The number of para-hydroxylation sites is 4. The fourth-order valence-corrected chi connectivity index (χ4v) is 11.2. The van der Waals surface area contributed by atoms with E-state index < -0.39 is 0 Å². The van der Waals surface area contributed by atoms with Gasteiger partial charge in [0.1, 0.15) is 0 Å². The Hall–Kier alpha value is -8.46. The van der Waals surface area contributed by atoms with E-state index in [1.807, 2.05) is 24.4 Å². The Labute approximate surface area is 369 Å². The van der Waals surface area contributed by atoms with E-state index in [9.17, 15) is 0 Å². The number of benzene rings is 8. The van der Waals surface area contributed by atoms with E-state index in [1.54, 1.807) is 11.3 Å². The largest absolute Gasteiger partial charge is 0.307 e. The molecule has 0 saturated heterocycles. The highest BCUT2D eigenvalue weighted by Gasteiger charge is 2.24. The van der Waals surface area contributed by atoms with Gasteiger partial charge in [-0.25, -0.2) is 9.97 Å². The first-order chi connectivity index (χ1) is 31.8. The summed E-state index contributed by atoms with van der Waals surface area (Å²) in [6, 6.07) is 68.6. The molecule has 0 amide bonds. The Bertz CT molecular complexity index is 4200. The summed E-state index contributed by atoms with van der Waals surface area (Å²) in [5.74, 6) is 2.67. The van der Waals surface area contributed by atoms with Crippen LogP contribution in [0.1, 0.15) is 0 Å². The molecule has 6 heterocycles. The van der Waals surface area contributed by atoms with Crippen molar-refractivity contribution in [2.24, 2.45) is 0 Å². The van der Waals surface area contributed by atoms with Crippen LogP contribution in [-0.2, 0) is 0 Å².